The molecule has 0 aliphatic carbocycles. The van der Waals surface area contributed by atoms with Gasteiger partial charge in [0, 0.05) is 38.1 Å². The summed E-state index contributed by atoms with van der Waals surface area (Å²) in [5, 5.41) is 6.37. The van der Waals surface area contributed by atoms with Crippen molar-refractivity contribution in [3.05, 3.63) is 0 Å². The van der Waals surface area contributed by atoms with Crippen LogP contribution in [0, 0.1) is 11.8 Å². The summed E-state index contributed by atoms with van der Waals surface area (Å²) >= 11 is 0. The summed E-state index contributed by atoms with van der Waals surface area (Å²) in [5.74, 6) is 1.06. The highest BCUT2D eigenvalue weighted by Gasteiger charge is 2.29. The lowest BCUT2D eigenvalue weighted by molar-refractivity contribution is -0.123. The summed E-state index contributed by atoms with van der Waals surface area (Å²) in [6, 6.07) is 0.159. The molecule has 3 atom stereocenters. The van der Waals surface area contributed by atoms with E-state index in [4.69, 9.17) is 9.47 Å². The Morgan fingerprint density at radius 1 is 1.38 bits per heavy atom. The highest BCUT2D eigenvalue weighted by atomic mass is 35.5. The predicted molar refractivity (Wildman–Crippen MR) is 84.8 cm³/mol. The lowest BCUT2D eigenvalue weighted by Gasteiger charge is -2.34. The van der Waals surface area contributed by atoms with Gasteiger partial charge in [0.1, 0.15) is 0 Å². The first-order valence-electron chi connectivity index (χ1n) is 7.86. The number of carbonyl (C=O) groups excluding carboxylic acids is 1. The maximum atomic E-state index is 12.0. The van der Waals surface area contributed by atoms with E-state index < -0.39 is 0 Å². The zero-order valence-electron chi connectivity index (χ0n) is 13.1. The summed E-state index contributed by atoms with van der Waals surface area (Å²) in [6.07, 6.45) is 3.02. The SMILES string of the molecule is CC(C)C1OCCCC1CNC(=O)CC1COCCN1.Cl. The van der Waals surface area contributed by atoms with E-state index in [0.717, 1.165) is 39.1 Å². The molecule has 0 saturated carbocycles. The fourth-order valence-electron chi connectivity index (χ4n) is 3.11. The van der Waals surface area contributed by atoms with Crippen LogP contribution in [0.3, 0.4) is 0 Å². The summed E-state index contributed by atoms with van der Waals surface area (Å²) in [5.41, 5.74) is 0. The van der Waals surface area contributed by atoms with Gasteiger partial charge in [-0.2, -0.15) is 0 Å². The van der Waals surface area contributed by atoms with Crippen molar-refractivity contribution in [2.24, 2.45) is 11.8 Å². The van der Waals surface area contributed by atoms with Crippen LogP contribution < -0.4 is 10.6 Å². The molecule has 2 fully saturated rings. The van der Waals surface area contributed by atoms with E-state index in [0.29, 0.717) is 24.9 Å². The van der Waals surface area contributed by atoms with Gasteiger partial charge in [-0.1, -0.05) is 13.8 Å². The number of hydrogen-bond acceptors (Lipinski definition) is 4. The maximum absolute atomic E-state index is 12.0. The molecule has 1 amide bonds. The monoisotopic (exact) mass is 320 g/mol. The summed E-state index contributed by atoms with van der Waals surface area (Å²) in [4.78, 5) is 12.0. The highest BCUT2D eigenvalue weighted by Crippen LogP contribution is 2.25. The second kappa shape index (κ2) is 9.62. The Morgan fingerprint density at radius 3 is 2.86 bits per heavy atom. The van der Waals surface area contributed by atoms with E-state index in [1.807, 2.05) is 0 Å². The van der Waals surface area contributed by atoms with Crippen molar-refractivity contribution in [2.75, 3.05) is 32.9 Å². The average Bonchev–Trinajstić information content (AvgIpc) is 2.46. The van der Waals surface area contributed by atoms with E-state index >= 15 is 0 Å². The van der Waals surface area contributed by atoms with Crippen LogP contribution in [0.5, 0.6) is 0 Å². The van der Waals surface area contributed by atoms with Gasteiger partial charge in [-0.15, -0.1) is 12.4 Å². The van der Waals surface area contributed by atoms with E-state index in [-0.39, 0.29) is 30.5 Å². The molecule has 3 unspecified atom stereocenters. The molecule has 21 heavy (non-hydrogen) atoms. The van der Waals surface area contributed by atoms with Crippen molar-refractivity contribution in [3.8, 4) is 0 Å². The minimum Gasteiger partial charge on any atom is -0.378 e. The molecule has 2 aliphatic rings. The molecular weight excluding hydrogens is 292 g/mol. The number of hydrogen-bond donors (Lipinski definition) is 2. The molecule has 5 nitrogen and oxygen atoms in total. The zero-order chi connectivity index (χ0) is 14.4. The fourth-order valence-corrected chi connectivity index (χ4v) is 3.11. The Hall–Kier alpha value is -0.360. The fraction of sp³-hybridized carbons (Fsp3) is 0.933. The van der Waals surface area contributed by atoms with Gasteiger partial charge in [0.15, 0.2) is 0 Å². The first kappa shape index (κ1) is 18.7. The summed E-state index contributed by atoms with van der Waals surface area (Å²) < 4.78 is 11.2. The van der Waals surface area contributed by atoms with Crippen LogP contribution in [0.25, 0.3) is 0 Å². The number of amides is 1. The lowest BCUT2D eigenvalue weighted by atomic mass is 9.87. The topological polar surface area (TPSA) is 59.6 Å². The predicted octanol–water partition coefficient (Wildman–Crippen LogP) is 1.35. The van der Waals surface area contributed by atoms with Crippen LogP contribution in [0.15, 0.2) is 0 Å². The number of halogens is 1. The van der Waals surface area contributed by atoms with E-state index in [9.17, 15) is 4.79 Å². The molecule has 2 rings (SSSR count). The van der Waals surface area contributed by atoms with Crippen molar-refractivity contribution in [1.29, 1.82) is 0 Å². The van der Waals surface area contributed by atoms with Gasteiger partial charge in [-0.3, -0.25) is 4.79 Å². The quantitative estimate of drug-likeness (QED) is 0.803. The van der Waals surface area contributed by atoms with Crippen LogP contribution in [0.2, 0.25) is 0 Å². The Bertz CT molecular complexity index is 309. The standard InChI is InChI=1S/C15H28N2O3.ClH/c1-11(2)15-12(4-3-6-20-15)9-17-14(18)8-13-10-19-7-5-16-13;/h11-13,15-16H,3-10H2,1-2H3,(H,17,18);1H. The van der Waals surface area contributed by atoms with E-state index in [1.165, 1.54) is 0 Å². The van der Waals surface area contributed by atoms with Gasteiger partial charge in [0.2, 0.25) is 5.91 Å². The molecule has 2 heterocycles. The van der Waals surface area contributed by atoms with Gasteiger partial charge in [0.25, 0.3) is 0 Å². The zero-order valence-corrected chi connectivity index (χ0v) is 13.9. The third-order valence-corrected chi connectivity index (χ3v) is 4.14. The average molecular weight is 321 g/mol. The van der Waals surface area contributed by atoms with Crippen molar-refractivity contribution >= 4 is 18.3 Å². The Kier molecular flexibility index (Phi) is 8.56. The Morgan fingerprint density at radius 2 is 2.19 bits per heavy atom. The van der Waals surface area contributed by atoms with Crippen LogP contribution in [0.1, 0.15) is 33.1 Å². The normalized spacial score (nSPS) is 29.8. The molecule has 0 aromatic carbocycles. The third-order valence-electron chi connectivity index (χ3n) is 4.14. The smallest absolute Gasteiger partial charge is 0.221 e. The minimum atomic E-state index is 0. The molecule has 124 valence electrons. The number of morpholine rings is 1. The second-order valence-electron chi connectivity index (χ2n) is 6.22. The van der Waals surface area contributed by atoms with Gasteiger partial charge in [-0.25, -0.2) is 0 Å². The molecule has 0 aromatic rings. The molecule has 2 aliphatic heterocycles. The molecule has 6 heteroatoms. The molecule has 0 bridgehead atoms. The second-order valence-corrected chi connectivity index (χ2v) is 6.22. The number of carbonyl (C=O) groups is 1. The van der Waals surface area contributed by atoms with Crippen molar-refractivity contribution in [3.63, 3.8) is 0 Å². The van der Waals surface area contributed by atoms with Gasteiger partial charge < -0.3 is 20.1 Å². The first-order valence-corrected chi connectivity index (χ1v) is 7.86. The number of ether oxygens (including phenoxy) is 2. The Labute approximate surface area is 133 Å². The minimum absolute atomic E-state index is 0. The maximum Gasteiger partial charge on any atom is 0.221 e. The van der Waals surface area contributed by atoms with Crippen LogP contribution >= 0.6 is 12.4 Å². The molecule has 2 saturated heterocycles. The first-order chi connectivity index (χ1) is 9.66. The van der Waals surface area contributed by atoms with Crippen LogP contribution in [0.4, 0.5) is 0 Å². The Balaban J connectivity index is 0.00000220. The lowest BCUT2D eigenvalue weighted by Crippen LogP contribution is -2.46. The molecular formula is C15H29ClN2O3. The number of nitrogens with one attached hydrogen (secondary N) is 2. The summed E-state index contributed by atoms with van der Waals surface area (Å²) in [7, 11) is 0. The van der Waals surface area contributed by atoms with Crippen molar-refractivity contribution < 1.29 is 14.3 Å². The largest absolute Gasteiger partial charge is 0.378 e. The van der Waals surface area contributed by atoms with E-state index in [1.54, 1.807) is 0 Å². The van der Waals surface area contributed by atoms with Gasteiger partial charge in [-0.05, 0) is 18.8 Å². The molecule has 2 N–H and O–H groups in total. The summed E-state index contributed by atoms with van der Waals surface area (Å²) in [6.45, 7) is 8.18. The van der Waals surface area contributed by atoms with Gasteiger partial charge in [0.05, 0.1) is 19.3 Å². The highest BCUT2D eigenvalue weighted by molar-refractivity contribution is 5.85. The number of rotatable bonds is 5. The van der Waals surface area contributed by atoms with Crippen LogP contribution in [-0.2, 0) is 14.3 Å². The van der Waals surface area contributed by atoms with Crippen LogP contribution in [-0.4, -0.2) is 51.0 Å². The third kappa shape index (κ3) is 6.10. The van der Waals surface area contributed by atoms with Crippen molar-refractivity contribution in [1.82, 2.24) is 10.6 Å². The van der Waals surface area contributed by atoms with E-state index in [2.05, 4.69) is 24.5 Å². The molecule has 0 spiro atoms. The molecule has 0 radical (unpaired) electrons. The molecule has 0 aromatic heterocycles. The van der Waals surface area contributed by atoms with Crippen molar-refractivity contribution in [2.45, 2.75) is 45.3 Å². The van der Waals surface area contributed by atoms with Gasteiger partial charge >= 0.3 is 0 Å².